The summed E-state index contributed by atoms with van der Waals surface area (Å²) in [6, 6.07) is 0. The summed E-state index contributed by atoms with van der Waals surface area (Å²) >= 11 is 0. The third-order valence-electron chi connectivity index (χ3n) is 7.19. The minimum absolute atomic E-state index is 0.158. The fraction of sp³-hybridized carbons (Fsp3) is 0.600. The van der Waals surface area contributed by atoms with E-state index in [1.807, 2.05) is 12.2 Å². The predicted octanol–water partition coefficient (Wildman–Crippen LogP) is 12.2. The standard InChI is InChI=1S/2C20H34O/c2*1-17(2)9-6-10-18(3)11-7-12-19(4)13-8-14-20(5)15-16-21/h2*9,11,13,15,21H,6-8,10,12,14,16H2,1-5H3. The van der Waals surface area contributed by atoms with Gasteiger partial charge in [0.05, 0.1) is 13.2 Å². The number of aliphatic hydroxyl groups excluding tert-OH is 2. The lowest BCUT2D eigenvalue weighted by atomic mass is 10.0. The van der Waals surface area contributed by atoms with Gasteiger partial charge in [0.15, 0.2) is 0 Å². The highest BCUT2D eigenvalue weighted by Gasteiger charge is 1.95. The van der Waals surface area contributed by atoms with Gasteiger partial charge < -0.3 is 10.2 Å². The first kappa shape index (κ1) is 42.0. The molecule has 2 N–H and O–H groups in total. The first-order valence-corrected chi connectivity index (χ1v) is 16.3. The molecule has 0 saturated carbocycles. The highest BCUT2D eigenvalue weighted by Crippen LogP contribution is 2.15. The SMILES string of the molecule is CC(C)=CCCC(C)=CCCC(C)=CCCC(C)=CCO.CC(C)=CCCC(C)=CCCC(C)=CCCC(C)=CCO. The monoisotopic (exact) mass is 581 g/mol. The second kappa shape index (κ2) is 28.9. The molecule has 0 heterocycles. The van der Waals surface area contributed by atoms with E-state index in [4.69, 9.17) is 10.2 Å². The first-order chi connectivity index (χ1) is 19.9. The van der Waals surface area contributed by atoms with Crippen molar-refractivity contribution in [3.63, 3.8) is 0 Å². The van der Waals surface area contributed by atoms with Gasteiger partial charge in [0, 0.05) is 0 Å². The average Bonchev–Trinajstić information content (AvgIpc) is 2.89. The Balaban J connectivity index is 0. The van der Waals surface area contributed by atoms with Crippen LogP contribution in [-0.2, 0) is 0 Å². The molecule has 42 heavy (non-hydrogen) atoms. The molecule has 0 atom stereocenters. The number of rotatable bonds is 20. The highest BCUT2D eigenvalue weighted by atomic mass is 16.3. The summed E-state index contributed by atoms with van der Waals surface area (Å²) in [7, 11) is 0. The van der Waals surface area contributed by atoms with Crippen LogP contribution in [-0.4, -0.2) is 23.4 Å². The molecule has 0 rings (SSSR count). The number of hydrogen-bond acceptors (Lipinski definition) is 2. The Labute approximate surface area is 262 Å². The number of allylic oxidation sites excluding steroid dienone is 14. The molecule has 0 aromatic carbocycles. The molecule has 0 fully saturated rings. The maximum Gasteiger partial charge on any atom is 0.0614 e. The summed E-state index contributed by atoms with van der Waals surface area (Å²) in [6.07, 6.45) is 31.4. The van der Waals surface area contributed by atoms with Gasteiger partial charge in [-0.3, -0.25) is 0 Å². The van der Waals surface area contributed by atoms with Crippen molar-refractivity contribution in [1.29, 1.82) is 0 Å². The van der Waals surface area contributed by atoms with E-state index in [9.17, 15) is 0 Å². The molecule has 0 aliphatic rings. The van der Waals surface area contributed by atoms with Crippen LogP contribution < -0.4 is 0 Å². The van der Waals surface area contributed by atoms with E-state index in [0.717, 1.165) is 64.2 Å². The molecular formula is C40H68O2. The fourth-order valence-corrected chi connectivity index (χ4v) is 4.29. The van der Waals surface area contributed by atoms with Gasteiger partial charge in [-0.15, -0.1) is 0 Å². The van der Waals surface area contributed by atoms with Crippen molar-refractivity contribution in [3.05, 3.63) is 93.2 Å². The van der Waals surface area contributed by atoms with Gasteiger partial charge in [-0.2, -0.15) is 0 Å². The summed E-state index contributed by atoms with van der Waals surface area (Å²) in [5.74, 6) is 0. The zero-order valence-electron chi connectivity index (χ0n) is 29.4. The predicted molar refractivity (Wildman–Crippen MR) is 191 cm³/mol. The Morgan fingerprint density at radius 2 is 0.500 bits per heavy atom. The lowest BCUT2D eigenvalue weighted by Gasteiger charge is -2.02. The van der Waals surface area contributed by atoms with Crippen LogP contribution in [0.5, 0.6) is 0 Å². The summed E-state index contributed by atoms with van der Waals surface area (Å²) in [5, 5.41) is 17.6. The first-order valence-electron chi connectivity index (χ1n) is 16.3. The topological polar surface area (TPSA) is 40.5 Å². The molecule has 0 unspecified atom stereocenters. The minimum atomic E-state index is 0.158. The Kier molecular flexibility index (Phi) is 28.9. The summed E-state index contributed by atoms with van der Waals surface area (Å²) in [4.78, 5) is 0. The van der Waals surface area contributed by atoms with Crippen molar-refractivity contribution in [2.45, 2.75) is 146 Å². The maximum absolute atomic E-state index is 8.80. The molecule has 0 amide bonds. The van der Waals surface area contributed by atoms with Crippen LogP contribution in [0.15, 0.2) is 93.2 Å². The highest BCUT2D eigenvalue weighted by molar-refractivity contribution is 5.08. The van der Waals surface area contributed by atoms with E-state index >= 15 is 0 Å². The van der Waals surface area contributed by atoms with Crippen LogP contribution in [0.1, 0.15) is 146 Å². The van der Waals surface area contributed by atoms with Gasteiger partial charge >= 0.3 is 0 Å². The van der Waals surface area contributed by atoms with Crippen molar-refractivity contribution in [2.24, 2.45) is 0 Å². The summed E-state index contributed by atoms with van der Waals surface area (Å²) in [5.41, 5.74) is 11.3. The molecule has 240 valence electrons. The fourth-order valence-electron chi connectivity index (χ4n) is 4.29. The van der Waals surface area contributed by atoms with Gasteiger partial charge in [0.1, 0.15) is 0 Å². The van der Waals surface area contributed by atoms with Gasteiger partial charge in [0.25, 0.3) is 0 Å². The average molecular weight is 581 g/mol. The van der Waals surface area contributed by atoms with Crippen molar-refractivity contribution in [3.8, 4) is 0 Å². The maximum atomic E-state index is 8.80. The largest absolute Gasteiger partial charge is 0.392 e. The molecule has 0 bridgehead atoms. The van der Waals surface area contributed by atoms with E-state index in [2.05, 4.69) is 106 Å². The summed E-state index contributed by atoms with van der Waals surface area (Å²) < 4.78 is 0. The molecule has 0 aromatic heterocycles. The second-order valence-electron chi connectivity index (χ2n) is 12.5. The van der Waals surface area contributed by atoms with Crippen LogP contribution in [0.25, 0.3) is 0 Å². The van der Waals surface area contributed by atoms with E-state index in [1.54, 1.807) is 0 Å². The number of hydrogen-bond donors (Lipinski definition) is 2. The molecule has 0 radical (unpaired) electrons. The van der Waals surface area contributed by atoms with Crippen LogP contribution in [0.3, 0.4) is 0 Å². The van der Waals surface area contributed by atoms with Gasteiger partial charge in [-0.05, 0) is 146 Å². The Hall–Kier alpha value is -2.16. The van der Waals surface area contributed by atoms with Crippen molar-refractivity contribution < 1.29 is 10.2 Å². The Morgan fingerprint density at radius 3 is 0.690 bits per heavy atom. The molecular weight excluding hydrogens is 512 g/mol. The van der Waals surface area contributed by atoms with E-state index in [0.29, 0.717) is 0 Å². The van der Waals surface area contributed by atoms with Crippen LogP contribution >= 0.6 is 0 Å². The lowest BCUT2D eigenvalue weighted by Crippen LogP contribution is -1.83. The zero-order chi connectivity index (χ0) is 32.2. The van der Waals surface area contributed by atoms with Gasteiger partial charge in [0.2, 0.25) is 0 Å². The zero-order valence-corrected chi connectivity index (χ0v) is 29.4. The number of aliphatic hydroxyl groups is 2. The van der Waals surface area contributed by atoms with Crippen molar-refractivity contribution in [2.75, 3.05) is 13.2 Å². The third-order valence-corrected chi connectivity index (χ3v) is 7.19. The van der Waals surface area contributed by atoms with Crippen LogP contribution in [0, 0.1) is 0 Å². The van der Waals surface area contributed by atoms with E-state index in [1.165, 1.54) is 57.4 Å². The Morgan fingerprint density at radius 1 is 0.310 bits per heavy atom. The minimum Gasteiger partial charge on any atom is -0.392 e. The van der Waals surface area contributed by atoms with E-state index < -0.39 is 0 Å². The van der Waals surface area contributed by atoms with Crippen molar-refractivity contribution in [1.82, 2.24) is 0 Å². The Bertz CT molecular complexity index is 858. The molecule has 0 saturated heterocycles. The quantitative estimate of drug-likeness (QED) is 0.141. The molecule has 0 spiro atoms. The normalized spacial score (nSPS) is 13.5. The molecule has 0 aliphatic heterocycles. The smallest absolute Gasteiger partial charge is 0.0614 e. The molecule has 0 aromatic rings. The molecule has 2 heteroatoms. The van der Waals surface area contributed by atoms with Gasteiger partial charge in [-0.25, -0.2) is 0 Å². The second-order valence-corrected chi connectivity index (χ2v) is 12.5. The summed E-state index contributed by atoms with van der Waals surface area (Å²) in [6.45, 7) is 22.0. The van der Waals surface area contributed by atoms with Crippen LogP contribution in [0.2, 0.25) is 0 Å². The van der Waals surface area contributed by atoms with Crippen LogP contribution in [0.4, 0.5) is 0 Å². The van der Waals surface area contributed by atoms with Crippen molar-refractivity contribution >= 4 is 0 Å². The third kappa shape index (κ3) is 32.4. The molecule has 0 aliphatic carbocycles. The van der Waals surface area contributed by atoms with E-state index in [-0.39, 0.29) is 13.2 Å². The van der Waals surface area contributed by atoms with Gasteiger partial charge in [-0.1, -0.05) is 93.2 Å². The molecule has 2 nitrogen and oxygen atoms in total. The lowest BCUT2D eigenvalue weighted by molar-refractivity contribution is 0.341.